The summed E-state index contributed by atoms with van der Waals surface area (Å²) < 4.78 is 0. The fourth-order valence-corrected chi connectivity index (χ4v) is 3.76. The number of hydrogen-bond acceptors (Lipinski definition) is 4. The molecule has 0 bridgehead atoms. The van der Waals surface area contributed by atoms with E-state index in [4.69, 9.17) is 11.6 Å². The van der Waals surface area contributed by atoms with Gasteiger partial charge in [-0.2, -0.15) is 0 Å². The first kappa shape index (κ1) is 17.8. The normalized spacial score (nSPS) is 15.0. The van der Waals surface area contributed by atoms with Gasteiger partial charge in [-0.25, -0.2) is 9.97 Å². The molecule has 0 aliphatic carbocycles. The Balaban J connectivity index is 1.40. The van der Waals surface area contributed by atoms with Gasteiger partial charge in [-0.1, -0.05) is 29.8 Å². The highest BCUT2D eigenvalue weighted by Crippen LogP contribution is 2.28. The van der Waals surface area contributed by atoms with Crippen LogP contribution in [0.1, 0.15) is 18.4 Å². The van der Waals surface area contributed by atoms with E-state index in [9.17, 15) is 0 Å². The number of rotatable bonds is 4. The highest BCUT2D eigenvalue weighted by molar-refractivity contribution is 6.30. The smallest absolute Gasteiger partial charge is 0.225 e. The summed E-state index contributed by atoms with van der Waals surface area (Å²) in [7, 11) is 0. The Morgan fingerprint density at radius 1 is 0.963 bits per heavy atom. The first-order valence-corrected chi connectivity index (χ1v) is 9.72. The molecule has 4 rings (SSSR count). The number of nitrogens with zero attached hydrogens (tertiary/aromatic N) is 3. The minimum Gasteiger partial charge on any atom is -0.382 e. The van der Waals surface area contributed by atoms with Gasteiger partial charge >= 0.3 is 0 Å². The van der Waals surface area contributed by atoms with Crippen LogP contribution in [0.2, 0.25) is 5.02 Å². The highest BCUT2D eigenvalue weighted by atomic mass is 35.5. The SMILES string of the molecule is Cc1cc(-c2cccc(Cl)c2)ccc1NC1CCN(c2ncccn2)CC1. The van der Waals surface area contributed by atoms with Gasteiger partial charge in [-0.15, -0.1) is 0 Å². The lowest BCUT2D eigenvalue weighted by Crippen LogP contribution is -2.40. The molecule has 1 aliphatic heterocycles. The maximum Gasteiger partial charge on any atom is 0.225 e. The molecule has 1 N–H and O–H groups in total. The number of halogens is 1. The van der Waals surface area contributed by atoms with E-state index in [0.717, 1.165) is 42.5 Å². The largest absolute Gasteiger partial charge is 0.382 e. The molecular weight excluding hydrogens is 356 g/mol. The molecule has 0 unspecified atom stereocenters. The van der Waals surface area contributed by atoms with Crippen LogP contribution in [0.4, 0.5) is 11.6 Å². The summed E-state index contributed by atoms with van der Waals surface area (Å²) in [5.74, 6) is 0.831. The average Bonchev–Trinajstić information content (AvgIpc) is 2.71. The van der Waals surface area contributed by atoms with Crippen LogP contribution >= 0.6 is 11.6 Å². The van der Waals surface area contributed by atoms with Crippen molar-refractivity contribution in [1.29, 1.82) is 0 Å². The Bertz CT molecular complexity index is 905. The van der Waals surface area contributed by atoms with Crippen LogP contribution in [0.25, 0.3) is 11.1 Å². The molecule has 138 valence electrons. The van der Waals surface area contributed by atoms with Crippen LogP contribution in [0.5, 0.6) is 0 Å². The zero-order valence-electron chi connectivity index (χ0n) is 15.4. The second kappa shape index (κ2) is 7.97. The second-order valence-electron chi connectivity index (χ2n) is 6.99. The van der Waals surface area contributed by atoms with E-state index >= 15 is 0 Å². The van der Waals surface area contributed by atoms with E-state index in [-0.39, 0.29) is 0 Å². The molecule has 3 aromatic rings. The number of anilines is 2. The van der Waals surface area contributed by atoms with Crippen molar-refractivity contribution in [3.63, 3.8) is 0 Å². The highest BCUT2D eigenvalue weighted by Gasteiger charge is 2.21. The lowest BCUT2D eigenvalue weighted by Gasteiger charge is -2.33. The summed E-state index contributed by atoms with van der Waals surface area (Å²) in [6.07, 6.45) is 5.76. The molecule has 0 amide bonds. The molecule has 1 saturated heterocycles. The molecular formula is C22H23ClN4. The van der Waals surface area contributed by atoms with Crippen LogP contribution in [-0.2, 0) is 0 Å². The maximum atomic E-state index is 6.13. The van der Waals surface area contributed by atoms with Crippen LogP contribution in [0.3, 0.4) is 0 Å². The maximum absolute atomic E-state index is 6.13. The molecule has 0 radical (unpaired) electrons. The number of hydrogen-bond donors (Lipinski definition) is 1. The van der Waals surface area contributed by atoms with Gasteiger partial charge in [0.25, 0.3) is 0 Å². The van der Waals surface area contributed by atoms with E-state index in [0.29, 0.717) is 6.04 Å². The van der Waals surface area contributed by atoms with Crippen molar-refractivity contribution >= 4 is 23.2 Å². The van der Waals surface area contributed by atoms with Crippen LogP contribution in [0, 0.1) is 6.92 Å². The fraction of sp³-hybridized carbons (Fsp3) is 0.273. The minimum absolute atomic E-state index is 0.473. The fourth-order valence-electron chi connectivity index (χ4n) is 3.57. The predicted molar refractivity (Wildman–Crippen MR) is 113 cm³/mol. The monoisotopic (exact) mass is 378 g/mol. The van der Waals surface area contributed by atoms with Gasteiger partial charge in [0.15, 0.2) is 0 Å². The van der Waals surface area contributed by atoms with Gasteiger partial charge in [0.2, 0.25) is 5.95 Å². The van der Waals surface area contributed by atoms with Crippen LogP contribution < -0.4 is 10.2 Å². The lowest BCUT2D eigenvalue weighted by molar-refractivity contribution is 0.520. The Hall–Kier alpha value is -2.59. The molecule has 27 heavy (non-hydrogen) atoms. The molecule has 5 heteroatoms. The van der Waals surface area contributed by atoms with Gasteiger partial charge in [0.1, 0.15) is 0 Å². The van der Waals surface area contributed by atoms with Crippen molar-refractivity contribution in [2.75, 3.05) is 23.3 Å². The summed E-state index contributed by atoms with van der Waals surface area (Å²) in [6, 6.07) is 16.9. The van der Waals surface area contributed by atoms with Gasteiger partial charge in [-0.3, -0.25) is 0 Å². The Labute approximate surface area is 165 Å². The van der Waals surface area contributed by atoms with E-state index in [1.165, 1.54) is 16.8 Å². The molecule has 0 saturated carbocycles. The second-order valence-corrected chi connectivity index (χ2v) is 7.43. The molecule has 2 aromatic carbocycles. The number of aromatic nitrogens is 2. The molecule has 0 spiro atoms. The minimum atomic E-state index is 0.473. The Morgan fingerprint density at radius 2 is 1.70 bits per heavy atom. The number of nitrogens with one attached hydrogen (secondary N) is 1. The Morgan fingerprint density at radius 3 is 2.41 bits per heavy atom. The quantitative estimate of drug-likeness (QED) is 0.678. The Kier molecular flexibility index (Phi) is 5.26. The summed E-state index contributed by atoms with van der Waals surface area (Å²) in [5, 5.41) is 4.48. The van der Waals surface area contributed by atoms with Crippen molar-refractivity contribution in [3.8, 4) is 11.1 Å². The predicted octanol–water partition coefficient (Wildman–Crippen LogP) is 5.19. The summed E-state index contributed by atoms with van der Waals surface area (Å²) in [4.78, 5) is 11.0. The number of benzene rings is 2. The van der Waals surface area contributed by atoms with E-state index in [2.05, 4.69) is 51.4 Å². The van der Waals surface area contributed by atoms with Crippen molar-refractivity contribution in [2.24, 2.45) is 0 Å². The van der Waals surface area contributed by atoms with Gasteiger partial charge < -0.3 is 10.2 Å². The van der Waals surface area contributed by atoms with Crippen molar-refractivity contribution in [3.05, 3.63) is 71.5 Å². The standard InChI is InChI=1S/C22H23ClN4/c1-16-14-18(17-4-2-5-19(23)15-17)6-7-21(16)26-20-8-12-27(13-9-20)22-24-10-3-11-25-22/h2-7,10-11,14-15,20,26H,8-9,12-13H2,1H3. The average molecular weight is 379 g/mol. The molecule has 1 fully saturated rings. The van der Waals surface area contributed by atoms with E-state index < -0.39 is 0 Å². The van der Waals surface area contributed by atoms with Crippen molar-refractivity contribution in [1.82, 2.24) is 9.97 Å². The third-order valence-electron chi connectivity index (χ3n) is 5.07. The van der Waals surface area contributed by atoms with Crippen LogP contribution in [-0.4, -0.2) is 29.1 Å². The van der Waals surface area contributed by atoms with Crippen LogP contribution in [0.15, 0.2) is 60.9 Å². The van der Waals surface area contributed by atoms with Gasteiger partial charge in [0.05, 0.1) is 0 Å². The topological polar surface area (TPSA) is 41.0 Å². The van der Waals surface area contributed by atoms with Gasteiger partial charge in [-0.05, 0) is 66.8 Å². The molecule has 1 aromatic heterocycles. The summed E-state index contributed by atoms with van der Waals surface area (Å²) in [6.45, 7) is 4.10. The molecule has 4 nitrogen and oxygen atoms in total. The first-order valence-electron chi connectivity index (χ1n) is 9.34. The number of piperidine rings is 1. The number of aryl methyl sites for hydroxylation is 1. The van der Waals surface area contributed by atoms with E-state index in [1.807, 2.05) is 24.3 Å². The third-order valence-corrected chi connectivity index (χ3v) is 5.31. The van der Waals surface area contributed by atoms with Gasteiger partial charge in [0, 0.05) is 42.2 Å². The zero-order chi connectivity index (χ0) is 18.6. The van der Waals surface area contributed by atoms with Crippen molar-refractivity contribution in [2.45, 2.75) is 25.8 Å². The lowest BCUT2D eigenvalue weighted by atomic mass is 10.0. The molecule has 2 heterocycles. The van der Waals surface area contributed by atoms with E-state index in [1.54, 1.807) is 12.4 Å². The summed E-state index contributed by atoms with van der Waals surface area (Å²) >= 11 is 6.13. The summed E-state index contributed by atoms with van der Waals surface area (Å²) in [5.41, 5.74) is 4.79. The third kappa shape index (κ3) is 4.22. The first-order chi connectivity index (χ1) is 13.2. The molecule has 1 aliphatic rings. The zero-order valence-corrected chi connectivity index (χ0v) is 16.2. The van der Waals surface area contributed by atoms with Crippen molar-refractivity contribution < 1.29 is 0 Å². The molecule has 0 atom stereocenters.